The van der Waals surface area contributed by atoms with E-state index in [0.29, 0.717) is 5.69 Å². The SMILES string of the molecule is N#CC(C1=NC(=O)CS1)=C1C(=O)Nc2ccc([N+](=O)[O-])cc21. The highest BCUT2D eigenvalue weighted by Crippen LogP contribution is 2.38. The first-order valence-corrected chi connectivity index (χ1v) is 6.99. The molecule has 0 fully saturated rings. The molecule has 2 amide bonds. The Morgan fingerprint density at radius 1 is 1.45 bits per heavy atom. The second-order valence-corrected chi connectivity index (χ2v) is 5.37. The van der Waals surface area contributed by atoms with E-state index in [4.69, 9.17) is 0 Å². The fourth-order valence-electron chi connectivity index (χ4n) is 2.16. The highest BCUT2D eigenvalue weighted by Gasteiger charge is 2.32. The number of rotatable bonds is 2. The quantitative estimate of drug-likeness (QED) is 0.381. The maximum atomic E-state index is 12.1. The van der Waals surface area contributed by atoms with Crippen molar-refractivity contribution < 1.29 is 14.5 Å². The van der Waals surface area contributed by atoms with Gasteiger partial charge in [-0.15, -0.1) is 0 Å². The van der Waals surface area contributed by atoms with Crippen LogP contribution in [0.1, 0.15) is 5.56 Å². The fraction of sp³-hybridized carbons (Fsp3) is 0.0769. The van der Waals surface area contributed by atoms with Crippen LogP contribution in [0.5, 0.6) is 0 Å². The first-order valence-electron chi connectivity index (χ1n) is 6.00. The molecule has 0 spiro atoms. The first kappa shape index (κ1) is 14.0. The van der Waals surface area contributed by atoms with Crippen molar-refractivity contribution >= 4 is 45.6 Å². The number of nitrogens with zero attached hydrogens (tertiary/aromatic N) is 3. The van der Waals surface area contributed by atoms with Crippen LogP contribution in [0.3, 0.4) is 0 Å². The molecule has 1 aromatic rings. The lowest BCUT2D eigenvalue weighted by molar-refractivity contribution is -0.384. The van der Waals surface area contributed by atoms with Gasteiger partial charge in [0.15, 0.2) is 0 Å². The Balaban J connectivity index is 2.22. The Labute approximate surface area is 127 Å². The van der Waals surface area contributed by atoms with Crippen molar-refractivity contribution in [3.63, 3.8) is 0 Å². The van der Waals surface area contributed by atoms with Gasteiger partial charge in [0, 0.05) is 23.4 Å². The Morgan fingerprint density at radius 2 is 2.23 bits per heavy atom. The third-order valence-electron chi connectivity index (χ3n) is 3.09. The highest BCUT2D eigenvalue weighted by molar-refractivity contribution is 8.15. The molecule has 0 atom stereocenters. The Hall–Kier alpha value is -2.99. The first-order chi connectivity index (χ1) is 10.5. The predicted octanol–water partition coefficient (Wildman–Crippen LogP) is 1.50. The molecular weight excluding hydrogens is 308 g/mol. The predicted molar refractivity (Wildman–Crippen MR) is 79.2 cm³/mol. The van der Waals surface area contributed by atoms with Gasteiger partial charge in [0.1, 0.15) is 11.1 Å². The number of benzene rings is 1. The number of non-ortho nitro benzene ring substituents is 1. The molecule has 1 aromatic carbocycles. The Kier molecular flexibility index (Phi) is 3.23. The minimum absolute atomic E-state index is 0.00199. The van der Waals surface area contributed by atoms with E-state index in [2.05, 4.69) is 10.3 Å². The minimum Gasteiger partial charge on any atom is -0.321 e. The summed E-state index contributed by atoms with van der Waals surface area (Å²) in [4.78, 5) is 37.3. The van der Waals surface area contributed by atoms with Gasteiger partial charge in [-0.1, -0.05) is 11.8 Å². The lowest BCUT2D eigenvalue weighted by Crippen LogP contribution is -2.08. The zero-order valence-electron chi connectivity index (χ0n) is 10.8. The summed E-state index contributed by atoms with van der Waals surface area (Å²) in [5.74, 6) is -0.822. The van der Waals surface area contributed by atoms with E-state index in [-0.39, 0.29) is 39.1 Å². The number of nitrogens with one attached hydrogen (secondary N) is 1. The van der Waals surface area contributed by atoms with E-state index >= 15 is 0 Å². The fourth-order valence-corrected chi connectivity index (χ4v) is 2.95. The molecule has 22 heavy (non-hydrogen) atoms. The summed E-state index contributed by atoms with van der Waals surface area (Å²) in [7, 11) is 0. The monoisotopic (exact) mass is 314 g/mol. The number of nitro groups is 1. The van der Waals surface area contributed by atoms with Gasteiger partial charge in [-0.05, 0) is 6.07 Å². The zero-order chi connectivity index (χ0) is 15.9. The molecule has 0 aliphatic carbocycles. The van der Waals surface area contributed by atoms with Crippen LogP contribution in [0.15, 0.2) is 28.8 Å². The smallest absolute Gasteiger partial charge is 0.270 e. The number of nitriles is 1. The van der Waals surface area contributed by atoms with Crippen molar-refractivity contribution in [3.8, 4) is 6.07 Å². The zero-order valence-corrected chi connectivity index (χ0v) is 11.6. The van der Waals surface area contributed by atoms with Gasteiger partial charge in [0.2, 0.25) is 0 Å². The summed E-state index contributed by atoms with van der Waals surface area (Å²) in [6, 6.07) is 5.76. The van der Waals surface area contributed by atoms with Crippen molar-refractivity contribution in [1.82, 2.24) is 0 Å². The summed E-state index contributed by atoms with van der Waals surface area (Å²) >= 11 is 1.06. The summed E-state index contributed by atoms with van der Waals surface area (Å²) in [6.07, 6.45) is 0. The molecule has 9 heteroatoms. The number of hydrogen-bond donors (Lipinski definition) is 1. The van der Waals surface area contributed by atoms with Crippen molar-refractivity contribution in [2.75, 3.05) is 11.1 Å². The summed E-state index contributed by atoms with van der Waals surface area (Å²) in [6.45, 7) is 0. The molecule has 0 bridgehead atoms. The number of fused-ring (bicyclic) bond motifs is 1. The van der Waals surface area contributed by atoms with Gasteiger partial charge in [-0.3, -0.25) is 19.7 Å². The van der Waals surface area contributed by atoms with Crippen LogP contribution in [0, 0.1) is 21.4 Å². The third-order valence-corrected chi connectivity index (χ3v) is 4.05. The average molecular weight is 314 g/mol. The molecule has 1 N–H and O–H groups in total. The molecule has 2 heterocycles. The molecular formula is C13H6N4O4S. The number of carbonyl (C=O) groups is 2. The van der Waals surface area contributed by atoms with Crippen LogP contribution < -0.4 is 5.32 Å². The van der Waals surface area contributed by atoms with E-state index in [0.717, 1.165) is 11.8 Å². The maximum Gasteiger partial charge on any atom is 0.270 e. The number of amides is 2. The number of aliphatic imine (C=N–C) groups is 1. The van der Waals surface area contributed by atoms with Crippen LogP contribution in [0.25, 0.3) is 5.57 Å². The van der Waals surface area contributed by atoms with Crippen molar-refractivity contribution in [2.24, 2.45) is 4.99 Å². The second kappa shape index (κ2) is 5.09. The molecule has 0 saturated carbocycles. The van der Waals surface area contributed by atoms with Crippen molar-refractivity contribution in [3.05, 3.63) is 39.4 Å². The normalized spacial score (nSPS) is 18.4. The molecule has 0 aromatic heterocycles. The molecule has 0 saturated heterocycles. The van der Waals surface area contributed by atoms with Crippen LogP contribution >= 0.6 is 11.8 Å². The standard InChI is InChI=1S/C13H6N4O4S/c14-4-8(13-16-10(18)5-22-13)11-7-3-6(17(20)21)1-2-9(7)15-12(11)19/h1-3H,5H2,(H,15,19). The van der Waals surface area contributed by atoms with Gasteiger partial charge in [-0.25, -0.2) is 4.99 Å². The van der Waals surface area contributed by atoms with Crippen LogP contribution in [-0.4, -0.2) is 27.5 Å². The topological polar surface area (TPSA) is 125 Å². The van der Waals surface area contributed by atoms with E-state index in [1.54, 1.807) is 0 Å². The minimum atomic E-state index is -0.585. The lowest BCUT2D eigenvalue weighted by Gasteiger charge is -2.02. The molecule has 0 radical (unpaired) electrons. The van der Waals surface area contributed by atoms with Crippen LogP contribution in [0.2, 0.25) is 0 Å². The third kappa shape index (κ3) is 2.15. The number of thioether (sulfide) groups is 1. The van der Waals surface area contributed by atoms with Crippen molar-refractivity contribution in [1.29, 1.82) is 5.26 Å². The number of anilines is 1. The molecule has 2 aliphatic rings. The molecule has 3 rings (SSSR count). The maximum absolute atomic E-state index is 12.1. The number of carbonyl (C=O) groups excluding carboxylic acids is 2. The molecule has 0 unspecified atom stereocenters. The van der Waals surface area contributed by atoms with Gasteiger partial charge < -0.3 is 5.32 Å². The summed E-state index contributed by atoms with van der Waals surface area (Å²) in [5.41, 5.74) is 0.406. The van der Waals surface area contributed by atoms with Gasteiger partial charge in [0.05, 0.1) is 21.8 Å². The summed E-state index contributed by atoms with van der Waals surface area (Å²) in [5, 5.41) is 22.9. The van der Waals surface area contributed by atoms with E-state index in [1.807, 2.05) is 6.07 Å². The highest BCUT2D eigenvalue weighted by atomic mass is 32.2. The van der Waals surface area contributed by atoms with Crippen LogP contribution in [-0.2, 0) is 9.59 Å². The molecule has 8 nitrogen and oxygen atoms in total. The average Bonchev–Trinajstić information content (AvgIpc) is 3.04. The van der Waals surface area contributed by atoms with E-state index < -0.39 is 10.8 Å². The van der Waals surface area contributed by atoms with E-state index in [9.17, 15) is 25.0 Å². The van der Waals surface area contributed by atoms with Gasteiger partial charge in [-0.2, -0.15) is 5.26 Å². The number of hydrogen-bond acceptors (Lipinski definition) is 6. The second-order valence-electron chi connectivity index (χ2n) is 4.40. The van der Waals surface area contributed by atoms with Crippen LogP contribution in [0.4, 0.5) is 11.4 Å². The van der Waals surface area contributed by atoms with E-state index in [1.165, 1.54) is 18.2 Å². The molecule has 2 aliphatic heterocycles. The Morgan fingerprint density at radius 3 is 2.82 bits per heavy atom. The molecule has 108 valence electrons. The largest absolute Gasteiger partial charge is 0.321 e. The summed E-state index contributed by atoms with van der Waals surface area (Å²) < 4.78 is 0. The van der Waals surface area contributed by atoms with Gasteiger partial charge in [0.25, 0.3) is 17.5 Å². The number of nitro benzene ring substituents is 1. The van der Waals surface area contributed by atoms with Gasteiger partial charge >= 0.3 is 0 Å². The Bertz CT molecular complexity index is 850. The van der Waals surface area contributed by atoms with Crippen molar-refractivity contribution in [2.45, 2.75) is 0 Å². The lowest BCUT2D eigenvalue weighted by atomic mass is 10.0.